The fourth-order valence-electron chi connectivity index (χ4n) is 6.46. The van der Waals surface area contributed by atoms with Gasteiger partial charge in [0.25, 0.3) is 0 Å². The predicted octanol–water partition coefficient (Wildman–Crippen LogP) is 9.61. The minimum Gasteiger partial charge on any atom is -0.456 e. The predicted molar refractivity (Wildman–Crippen MR) is 147 cm³/mol. The van der Waals surface area contributed by atoms with Crippen molar-refractivity contribution in [3.8, 4) is 22.8 Å². The molecular weight excluding hydrogens is 426 g/mol. The highest BCUT2D eigenvalue weighted by atomic mass is 16.5. The van der Waals surface area contributed by atoms with Crippen molar-refractivity contribution in [3.63, 3.8) is 0 Å². The maximum Gasteiger partial charge on any atom is 0.140 e. The summed E-state index contributed by atoms with van der Waals surface area (Å²) in [6.45, 7) is 9.14. The Kier molecular flexibility index (Phi) is 4.37. The molecule has 0 unspecified atom stereocenters. The molecule has 2 heteroatoms. The van der Waals surface area contributed by atoms with Crippen molar-refractivity contribution >= 4 is 32.3 Å². The Hall–Kier alpha value is -3.39. The van der Waals surface area contributed by atoms with Crippen LogP contribution >= 0.6 is 0 Å². The van der Waals surface area contributed by atoms with E-state index < -0.39 is 0 Å². The van der Waals surface area contributed by atoms with Gasteiger partial charge in [0.2, 0.25) is 0 Å². The van der Waals surface area contributed by atoms with Crippen molar-refractivity contribution in [2.24, 2.45) is 5.41 Å². The summed E-state index contributed by atoms with van der Waals surface area (Å²) in [5.74, 6) is 2.52. The van der Waals surface area contributed by atoms with Gasteiger partial charge in [0.05, 0.1) is 11.1 Å². The number of aryl methyl sites for hydroxylation is 2. The molecule has 0 amide bonds. The Labute approximate surface area is 207 Å². The summed E-state index contributed by atoms with van der Waals surface area (Å²) < 4.78 is 6.66. The Morgan fingerprint density at radius 2 is 1.66 bits per heavy atom. The van der Waals surface area contributed by atoms with E-state index in [4.69, 9.17) is 9.72 Å². The zero-order valence-electron chi connectivity index (χ0n) is 21.0. The van der Waals surface area contributed by atoms with Gasteiger partial charge in [-0.25, -0.2) is 0 Å². The lowest BCUT2D eigenvalue weighted by molar-refractivity contribution is 0.224. The fourth-order valence-corrected chi connectivity index (χ4v) is 6.46. The summed E-state index contributed by atoms with van der Waals surface area (Å²) in [5, 5.41) is 7.42. The van der Waals surface area contributed by atoms with Crippen molar-refractivity contribution in [3.05, 3.63) is 77.5 Å². The van der Waals surface area contributed by atoms with Gasteiger partial charge in [0, 0.05) is 17.3 Å². The van der Waals surface area contributed by atoms with E-state index in [0.717, 1.165) is 28.1 Å². The second kappa shape index (κ2) is 7.31. The lowest BCUT2D eigenvalue weighted by Crippen LogP contribution is -2.20. The lowest BCUT2D eigenvalue weighted by Gasteiger charge is -2.34. The summed E-state index contributed by atoms with van der Waals surface area (Å²) in [6.07, 6.45) is 7.15. The molecule has 1 aliphatic carbocycles. The van der Waals surface area contributed by atoms with Crippen LogP contribution in [-0.4, -0.2) is 4.98 Å². The number of nitrogens with zero attached hydrogens (tertiary/aromatic N) is 1. The van der Waals surface area contributed by atoms with Crippen LogP contribution in [0.25, 0.3) is 43.6 Å². The molecule has 7 rings (SSSR count). The molecule has 2 nitrogen and oxygen atoms in total. The van der Waals surface area contributed by atoms with Crippen molar-refractivity contribution in [1.29, 1.82) is 0 Å². The molecule has 0 atom stereocenters. The molecule has 174 valence electrons. The molecule has 2 heterocycles. The van der Waals surface area contributed by atoms with Crippen LogP contribution in [0, 0.1) is 19.3 Å². The standard InChI is InChI=1S/C33H31NO/c1-19-5-8-25-20(2)32-28(17-24(25)15-19)31-30-26(11-14-34-31)27-16-22(6-7-23(27)18-29(30)35-32)21-9-12-33(3,4)13-10-21/h5-8,11,14-18,21H,9-10,12-13H2,1-4H3. The minimum atomic E-state index is 0.484. The summed E-state index contributed by atoms with van der Waals surface area (Å²) in [6, 6.07) is 20.4. The van der Waals surface area contributed by atoms with E-state index in [2.05, 4.69) is 82.3 Å². The second-order valence-corrected chi connectivity index (χ2v) is 11.6. The molecule has 0 bridgehead atoms. The Bertz CT molecular complexity index is 1670. The quantitative estimate of drug-likeness (QED) is 0.229. The number of hydrogen-bond acceptors (Lipinski definition) is 2. The molecule has 2 aliphatic rings. The highest BCUT2D eigenvalue weighted by molar-refractivity contribution is 6.16. The van der Waals surface area contributed by atoms with E-state index in [0.29, 0.717) is 11.3 Å². The number of ether oxygens (including phenoxy) is 1. The molecule has 1 fully saturated rings. The molecule has 0 saturated heterocycles. The number of rotatable bonds is 1. The molecule has 5 aromatic rings. The molecular formula is C33H31NO. The number of fused-ring (bicyclic) bond motifs is 5. The first-order valence-corrected chi connectivity index (χ1v) is 13.0. The third-order valence-corrected chi connectivity index (χ3v) is 8.63. The van der Waals surface area contributed by atoms with Crippen LogP contribution in [0.15, 0.2) is 60.8 Å². The van der Waals surface area contributed by atoms with Crippen LogP contribution in [0.5, 0.6) is 11.5 Å². The molecule has 4 aromatic carbocycles. The summed E-state index contributed by atoms with van der Waals surface area (Å²) >= 11 is 0. The summed E-state index contributed by atoms with van der Waals surface area (Å²) in [4.78, 5) is 4.90. The normalized spacial score (nSPS) is 17.0. The van der Waals surface area contributed by atoms with Gasteiger partial charge in [-0.3, -0.25) is 4.98 Å². The first kappa shape index (κ1) is 20.9. The van der Waals surface area contributed by atoms with Crippen molar-refractivity contribution < 1.29 is 4.74 Å². The Morgan fingerprint density at radius 1 is 0.829 bits per heavy atom. The fraction of sp³-hybridized carbons (Fsp3) is 0.303. The van der Waals surface area contributed by atoms with Gasteiger partial charge < -0.3 is 4.74 Å². The van der Waals surface area contributed by atoms with Crippen LogP contribution in [0.3, 0.4) is 0 Å². The lowest BCUT2D eigenvalue weighted by atomic mass is 9.71. The van der Waals surface area contributed by atoms with Crippen molar-refractivity contribution in [2.45, 2.75) is 59.3 Å². The van der Waals surface area contributed by atoms with E-state index >= 15 is 0 Å². The maximum absolute atomic E-state index is 6.66. The largest absolute Gasteiger partial charge is 0.456 e. The third-order valence-electron chi connectivity index (χ3n) is 8.63. The van der Waals surface area contributed by atoms with Gasteiger partial charge in [0.15, 0.2) is 0 Å². The number of aromatic nitrogens is 1. The van der Waals surface area contributed by atoms with Crippen LogP contribution in [0.4, 0.5) is 0 Å². The van der Waals surface area contributed by atoms with E-state index in [1.54, 1.807) is 0 Å². The second-order valence-electron chi connectivity index (χ2n) is 11.6. The smallest absolute Gasteiger partial charge is 0.140 e. The van der Waals surface area contributed by atoms with Crippen molar-refractivity contribution in [2.75, 3.05) is 0 Å². The zero-order chi connectivity index (χ0) is 23.9. The van der Waals surface area contributed by atoms with E-state index in [9.17, 15) is 0 Å². The van der Waals surface area contributed by atoms with Crippen LogP contribution in [0.1, 0.15) is 62.1 Å². The zero-order valence-corrected chi connectivity index (χ0v) is 21.0. The highest BCUT2D eigenvalue weighted by Gasteiger charge is 2.29. The van der Waals surface area contributed by atoms with Gasteiger partial charge in [-0.05, 0) is 102 Å². The minimum absolute atomic E-state index is 0.484. The number of hydrogen-bond donors (Lipinski definition) is 0. The van der Waals surface area contributed by atoms with Crippen LogP contribution < -0.4 is 4.74 Å². The molecule has 0 spiro atoms. The topological polar surface area (TPSA) is 22.1 Å². The first-order chi connectivity index (χ1) is 16.9. The maximum atomic E-state index is 6.66. The molecule has 0 N–H and O–H groups in total. The van der Waals surface area contributed by atoms with E-state index in [1.165, 1.54) is 69.3 Å². The Morgan fingerprint density at radius 3 is 2.49 bits per heavy atom. The molecule has 1 aliphatic heterocycles. The Balaban J connectivity index is 1.44. The van der Waals surface area contributed by atoms with Crippen LogP contribution in [0.2, 0.25) is 0 Å². The average molecular weight is 458 g/mol. The van der Waals surface area contributed by atoms with E-state index in [1.807, 2.05) is 6.20 Å². The summed E-state index contributed by atoms with van der Waals surface area (Å²) in [7, 11) is 0. The third kappa shape index (κ3) is 3.19. The van der Waals surface area contributed by atoms with Crippen LogP contribution in [-0.2, 0) is 0 Å². The van der Waals surface area contributed by atoms with Gasteiger partial charge in [0.1, 0.15) is 11.5 Å². The molecule has 1 aromatic heterocycles. The number of pyridine rings is 1. The SMILES string of the molecule is Cc1ccc2c(C)c3c(cc2c1)-c1nccc2c1c(cc1ccc(C4CCC(C)(C)CC4)cc12)O3. The van der Waals surface area contributed by atoms with Gasteiger partial charge >= 0.3 is 0 Å². The average Bonchev–Trinajstić information content (AvgIpc) is 2.85. The van der Waals surface area contributed by atoms with Gasteiger partial charge in [-0.1, -0.05) is 55.8 Å². The van der Waals surface area contributed by atoms with E-state index in [-0.39, 0.29) is 0 Å². The molecule has 1 saturated carbocycles. The monoisotopic (exact) mass is 457 g/mol. The van der Waals surface area contributed by atoms with Crippen molar-refractivity contribution in [1.82, 2.24) is 4.98 Å². The molecule has 0 radical (unpaired) electrons. The highest BCUT2D eigenvalue weighted by Crippen LogP contribution is 2.51. The van der Waals surface area contributed by atoms with Gasteiger partial charge in [-0.2, -0.15) is 0 Å². The number of benzene rings is 4. The first-order valence-electron chi connectivity index (χ1n) is 13.0. The molecule has 35 heavy (non-hydrogen) atoms. The summed E-state index contributed by atoms with van der Waals surface area (Å²) in [5.41, 5.74) is 6.55. The van der Waals surface area contributed by atoms with Gasteiger partial charge in [-0.15, -0.1) is 0 Å².